The minimum absolute atomic E-state index is 0.140. The van der Waals surface area contributed by atoms with Crippen molar-refractivity contribution in [2.75, 3.05) is 32.8 Å². The predicted molar refractivity (Wildman–Crippen MR) is 170 cm³/mol. The van der Waals surface area contributed by atoms with E-state index in [-0.39, 0.29) is 5.78 Å². The number of Topliss-reactive ketones (excluding diaryl/α,β-unsaturated/α-hetero) is 1. The van der Waals surface area contributed by atoms with Crippen molar-refractivity contribution in [1.29, 1.82) is 0 Å². The number of ether oxygens (including phenoxy) is 2. The molecule has 41 heavy (non-hydrogen) atoms. The highest BCUT2D eigenvalue weighted by molar-refractivity contribution is 7.22. The standard InChI is InChI=1S/C33H35NO4S.C2H6/c1-24(36)7-6-19-38-31-15-12-26(22-27(31)23-35)33-30(29-8-2-3-9-32(29)39-33)21-25-10-13-28(14-11-25)37-20-18-34-16-4-5-17-34;1-2/h2-3,8-15,22-23H,4-7,16-21H2,1H3;1-2H3. The molecule has 1 aliphatic rings. The summed E-state index contributed by atoms with van der Waals surface area (Å²) < 4.78 is 13.1. The van der Waals surface area contributed by atoms with Gasteiger partial charge < -0.3 is 14.3 Å². The van der Waals surface area contributed by atoms with Crippen LogP contribution in [0.2, 0.25) is 0 Å². The first kappa shape index (κ1) is 30.5. The summed E-state index contributed by atoms with van der Waals surface area (Å²) in [4.78, 5) is 26.8. The van der Waals surface area contributed by atoms with Crippen LogP contribution >= 0.6 is 11.3 Å². The number of carbonyl (C=O) groups excluding carboxylic acids is 2. The first-order chi connectivity index (χ1) is 20.1. The summed E-state index contributed by atoms with van der Waals surface area (Å²) in [5.41, 5.74) is 4.00. The maximum Gasteiger partial charge on any atom is 0.153 e. The van der Waals surface area contributed by atoms with E-state index in [1.807, 2.05) is 32.0 Å². The Morgan fingerprint density at radius 2 is 1.71 bits per heavy atom. The van der Waals surface area contributed by atoms with Gasteiger partial charge in [-0.2, -0.15) is 0 Å². The Balaban J connectivity index is 0.00000189. The summed E-state index contributed by atoms with van der Waals surface area (Å²) in [5.74, 6) is 1.60. The number of aldehydes is 1. The number of hydrogen-bond acceptors (Lipinski definition) is 6. The van der Waals surface area contributed by atoms with Crippen molar-refractivity contribution in [2.24, 2.45) is 0 Å². The Bertz CT molecular complexity index is 1420. The van der Waals surface area contributed by atoms with Gasteiger partial charge in [-0.15, -0.1) is 11.3 Å². The molecule has 0 saturated carbocycles. The van der Waals surface area contributed by atoms with Gasteiger partial charge in [0.05, 0.1) is 12.2 Å². The van der Waals surface area contributed by atoms with Gasteiger partial charge in [-0.1, -0.05) is 44.2 Å². The highest BCUT2D eigenvalue weighted by Gasteiger charge is 2.16. The van der Waals surface area contributed by atoms with Crippen LogP contribution < -0.4 is 9.47 Å². The van der Waals surface area contributed by atoms with E-state index in [4.69, 9.17) is 9.47 Å². The van der Waals surface area contributed by atoms with E-state index < -0.39 is 0 Å². The fourth-order valence-corrected chi connectivity index (χ4v) is 6.35. The maximum atomic E-state index is 11.9. The normalized spacial score (nSPS) is 13.0. The molecule has 3 aromatic carbocycles. The molecule has 1 fully saturated rings. The van der Waals surface area contributed by atoms with Gasteiger partial charge in [0.1, 0.15) is 23.9 Å². The largest absolute Gasteiger partial charge is 0.493 e. The molecule has 5 nitrogen and oxygen atoms in total. The zero-order valence-corrected chi connectivity index (χ0v) is 25.3. The van der Waals surface area contributed by atoms with Crippen molar-refractivity contribution in [3.8, 4) is 21.9 Å². The average Bonchev–Trinajstić information content (AvgIpc) is 3.65. The summed E-state index contributed by atoms with van der Waals surface area (Å²) in [7, 11) is 0. The smallest absolute Gasteiger partial charge is 0.153 e. The van der Waals surface area contributed by atoms with Crippen molar-refractivity contribution in [1.82, 2.24) is 4.90 Å². The van der Waals surface area contributed by atoms with E-state index in [1.54, 1.807) is 18.3 Å². The molecule has 0 spiro atoms. The van der Waals surface area contributed by atoms with Gasteiger partial charge in [0.25, 0.3) is 0 Å². The van der Waals surface area contributed by atoms with Gasteiger partial charge in [-0.3, -0.25) is 9.69 Å². The molecule has 0 aliphatic carbocycles. The first-order valence-electron chi connectivity index (χ1n) is 14.8. The molecule has 216 valence electrons. The fourth-order valence-electron chi connectivity index (χ4n) is 5.13. The number of likely N-dealkylation sites (tertiary alicyclic amines) is 1. The summed E-state index contributed by atoms with van der Waals surface area (Å²) >= 11 is 1.75. The second kappa shape index (κ2) is 15.5. The lowest BCUT2D eigenvalue weighted by Crippen LogP contribution is -2.25. The monoisotopic (exact) mass is 571 g/mol. The van der Waals surface area contributed by atoms with E-state index in [1.165, 1.54) is 47.1 Å². The van der Waals surface area contributed by atoms with Crippen LogP contribution in [0.3, 0.4) is 0 Å². The van der Waals surface area contributed by atoms with Gasteiger partial charge in [0, 0.05) is 22.5 Å². The molecule has 0 N–H and O–H groups in total. The molecular formula is C35H41NO4S. The van der Waals surface area contributed by atoms with E-state index in [0.717, 1.165) is 35.4 Å². The molecule has 1 aliphatic heterocycles. The lowest BCUT2D eigenvalue weighted by Gasteiger charge is -2.15. The van der Waals surface area contributed by atoms with Gasteiger partial charge in [-0.25, -0.2) is 0 Å². The van der Waals surface area contributed by atoms with Crippen LogP contribution in [0, 0.1) is 0 Å². The number of rotatable bonds is 13. The number of nitrogens with zero attached hydrogens (tertiary/aromatic N) is 1. The van der Waals surface area contributed by atoms with Crippen LogP contribution in [0.25, 0.3) is 20.5 Å². The number of hydrogen-bond donors (Lipinski definition) is 0. The van der Waals surface area contributed by atoms with Crippen LogP contribution in [0.4, 0.5) is 0 Å². The van der Waals surface area contributed by atoms with E-state index >= 15 is 0 Å². The molecule has 0 bridgehead atoms. The van der Waals surface area contributed by atoms with Gasteiger partial charge in [0.15, 0.2) is 6.29 Å². The second-order valence-electron chi connectivity index (χ2n) is 10.1. The van der Waals surface area contributed by atoms with Crippen LogP contribution in [0.1, 0.15) is 67.9 Å². The van der Waals surface area contributed by atoms with Gasteiger partial charge >= 0.3 is 0 Å². The number of ketones is 1. The van der Waals surface area contributed by atoms with E-state index in [0.29, 0.717) is 37.4 Å². The number of benzene rings is 3. The molecule has 6 heteroatoms. The lowest BCUT2D eigenvalue weighted by molar-refractivity contribution is -0.117. The molecule has 0 unspecified atom stereocenters. The topological polar surface area (TPSA) is 55.8 Å². The zero-order chi connectivity index (χ0) is 29.0. The van der Waals surface area contributed by atoms with Crippen molar-refractivity contribution < 1.29 is 19.1 Å². The highest BCUT2D eigenvalue weighted by atomic mass is 32.1. The average molecular weight is 572 g/mol. The molecular weight excluding hydrogens is 530 g/mol. The fraction of sp³-hybridized carbons (Fsp3) is 0.371. The minimum atomic E-state index is 0.140. The summed E-state index contributed by atoms with van der Waals surface area (Å²) in [6, 6.07) is 22.7. The minimum Gasteiger partial charge on any atom is -0.493 e. The molecule has 5 rings (SSSR count). The quantitative estimate of drug-likeness (QED) is 0.120. The molecule has 2 heterocycles. The molecule has 0 atom stereocenters. The second-order valence-corrected chi connectivity index (χ2v) is 11.2. The highest BCUT2D eigenvalue weighted by Crippen LogP contribution is 2.41. The zero-order valence-electron chi connectivity index (χ0n) is 24.5. The molecule has 0 radical (unpaired) electrons. The molecule has 1 aromatic heterocycles. The van der Waals surface area contributed by atoms with Crippen molar-refractivity contribution >= 4 is 33.5 Å². The number of thiophene rings is 1. The summed E-state index contributed by atoms with van der Waals surface area (Å²) in [6.07, 6.45) is 5.34. The Labute approximate surface area is 248 Å². The van der Waals surface area contributed by atoms with Crippen LogP contribution in [-0.2, 0) is 11.2 Å². The Kier molecular flexibility index (Phi) is 11.5. The molecule has 4 aromatic rings. The van der Waals surface area contributed by atoms with Gasteiger partial charge in [-0.05, 0) is 104 Å². The summed E-state index contributed by atoms with van der Waals surface area (Å²) in [6.45, 7) is 10.1. The van der Waals surface area contributed by atoms with Crippen molar-refractivity contribution in [2.45, 2.75) is 52.9 Å². The van der Waals surface area contributed by atoms with E-state index in [2.05, 4.69) is 53.4 Å². The third kappa shape index (κ3) is 8.27. The lowest BCUT2D eigenvalue weighted by atomic mass is 9.98. The Morgan fingerprint density at radius 3 is 2.44 bits per heavy atom. The first-order valence-corrected chi connectivity index (χ1v) is 15.6. The van der Waals surface area contributed by atoms with Crippen molar-refractivity contribution in [3.63, 3.8) is 0 Å². The van der Waals surface area contributed by atoms with Crippen LogP contribution in [0.5, 0.6) is 11.5 Å². The van der Waals surface area contributed by atoms with E-state index in [9.17, 15) is 9.59 Å². The number of carbonyl (C=O) groups is 2. The predicted octanol–water partition coefficient (Wildman–Crippen LogP) is 8.22. The van der Waals surface area contributed by atoms with Gasteiger partial charge in [0.2, 0.25) is 0 Å². The third-order valence-electron chi connectivity index (χ3n) is 7.21. The third-order valence-corrected chi connectivity index (χ3v) is 8.47. The Hall–Kier alpha value is -3.48. The summed E-state index contributed by atoms with van der Waals surface area (Å²) in [5, 5.41) is 1.24. The molecule has 1 saturated heterocycles. The van der Waals surface area contributed by atoms with Crippen LogP contribution in [-0.4, -0.2) is 49.8 Å². The van der Waals surface area contributed by atoms with Crippen molar-refractivity contribution in [3.05, 3.63) is 83.4 Å². The maximum absolute atomic E-state index is 11.9. The Morgan fingerprint density at radius 1 is 0.951 bits per heavy atom. The SMILES string of the molecule is CC.CC(=O)CCCOc1ccc(-c2sc3ccccc3c2Cc2ccc(OCCN3CCCC3)cc2)cc1C=O. The number of fused-ring (bicyclic) bond motifs is 1. The molecule has 0 amide bonds. The van der Waals surface area contributed by atoms with Crippen LogP contribution in [0.15, 0.2) is 66.7 Å².